The molecule has 10 rings (SSSR count). The third kappa shape index (κ3) is 5.24. The number of benzene rings is 8. The Morgan fingerprint density at radius 1 is 0.528 bits per heavy atom. The van der Waals surface area contributed by atoms with Crippen LogP contribution in [0.5, 0.6) is 0 Å². The van der Waals surface area contributed by atoms with Gasteiger partial charge in [0, 0.05) is 11.3 Å². The van der Waals surface area contributed by atoms with Gasteiger partial charge in [0.25, 0.3) is 0 Å². The van der Waals surface area contributed by atoms with Crippen LogP contribution in [0.2, 0.25) is 0 Å². The van der Waals surface area contributed by atoms with Crippen LogP contribution in [0.3, 0.4) is 0 Å². The van der Waals surface area contributed by atoms with Gasteiger partial charge in [-0.05, 0) is 115 Å². The Morgan fingerprint density at radius 2 is 1.13 bits per heavy atom. The molecule has 3 nitrogen and oxygen atoms in total. The fourth-order valence-corrected chi connectivity index (χ4v) is 8.12. The highest BCUT2D eigenvalue weighted by molar-refractivity contribution is 6.21. The molecule has 53 heavy (non-hydrogen) atoms. The molecule has 9 aromatic rings. The first kappa shape index (κ1) is 30.8. The second kappa shape index (κ2) is 12.6. The average Bonchev–Trinajstić information content (AvgIpc) is 3.62. The first-order valence-electron chi connectivity index (χ1n) is 18.2. The molecule has 0 spiro atoms. The lowest BCUT2D eigenvalue weighted by Crippen LogP contribution is -1.98. The predicted molar refractivity (Wildman–Crippen MR) is 221 cm³/mol. The van der Waals surface area contributed by atoms with Gasteiger partial charge < -0.3 is 0 Å². The molecule has 0 fully saturated rings. The van der Waals surface area contributed by atoms with Gasteiger partial charge in [-0.1, -0.05) is 140 Å². The molecule has 3 heteroatoms. The van der Waals surface area contributed by atoms with Gasteiger partial charge in [0.2, 0.25) is 0 Å². The van der Waals surface area contributed by atoms with Crippen LogP contribution in [0.4, 0.5) is 0 Å². The van der Waals surface area contributed by atoms with Crippen molar-refractivity contribution in [2.45, 2.75) is 12.8 Å². The number of aromatic nitrogens is 2. The molecule has 1 aliphatic carbocycles. The Hall–Kier alpha value is -7.02. The minimum Gasteiger partial charge on any atom is -0.292 e. The molecule has 1 aliphatic rings. The number of nitrogens with zero attached hydrogens (tertiary/aromatic N) is 3. The molecule has 0 N–H and O–H groups in total. The van der Waals surface area contributed by atoms with Crippen LogP contribution in [0.25, 0.3) is 88.3 Å². The maximum Gasteiger partial charge on any atom is 0.145 e. The summed E-state index contributed by atoms with van der Waals surface area (Å²) in [6.45, 7) is 0. The number of nitriles is 1. The van der Waals surface area contributed by atoms with Crippen molar-refractivity contribution in [2.75, 3.05) is 0 Å². The molecule has 0 amide bonds. The van der Waals surface area contributed by atoms with Crippen LogP contribution in [-0.2, 0) is 0 Å². The summed E-state index contributed by atoms with van der Waals surface area (Å²) in [5.74, 6) is 0.846. The highest BCUT2D eigenvalue weighted by Crippen LogP contribution is 2.44. The Balaban J connectivity index is 1.13. The topological polar surface area (TPSA) is 41.6 Å². The molecule has 1 heterocycles. The highest BCUT2D eigenvalue weighted by atomic mass is 15.1. The van der Waals surface area contributed by atoms with Crippen molar-refractivity contribution in [1.29, 1.82) is 5.26 Å². The van der Waals surface area contributed by atoms with E-state index in [4.69, 9.17) is 4.98 Å². The molecule has 1 aromatic heterocycles. The highest BCUT2D eigenvalue weighted by Gasteiger charge is 2.19. The number of hydrogen-bond donors (Lipinski definition) is 0. The third-order valence-corrected chi connectivity index (χ3v) is 10.6. The number of fused-ring (bicyclic) bond motifs is 4. The summed E-state index contributed by atoms with van der Waals surface area (Å²) >= 11 is 0. The molecule has 0 saturated heterocycles. The molecule has 8 aromatic carbocycles. The van der Waals surface area contributed by atoms with E-state index in [0.717, 1.165) is 46.5 Å². The van der Waals surface area contributed by atoms with Gasteiger partial charge in [-0.15, -0.1) is 0 Å². The van der Waals surface area contributed by atoms with Crippen molar-refractivity contribution in [1.82, 2.24) is 9.55 Å². The summed E-state index contributed by atoms with van der Waals surface area (Å²) in [5, 5.41) is 17.1. The van der Waals surface area contributed by atoms with Gasteiger partial charge in [-0.25, -0.2) is 4.98 Å². The largest absolute Gasteiger partial charge is 0.292 e. The zero-order chi connectivity index (χ0) is 35.3. The van der Waals surface area contributed by atoms with Crippen molar-refractivity contribution in [3.8, 4) is 45.4 Å². The van der Waals surface area contributed by atoms with E-state index in [0.29, 0.717) is 5.56 Å². The van der Waals surface area contributed by atoms with Crippen LogP contribution in [0.1, 0.15) is 24.0 Å². The van der Waals surface area contributed by atoms with Crippen LogP contribution in [-0.4, -0.2) is 9.55 Å². The van der Waals surface area contributed by atoms with Crippen LogP contribution in [0, 0.1) is 11.3 Å². The molecule has 0 aliphatic heterocycles. The molecule has 0 saturated carbocycles. The van der Waals surface area contributed by atoms with Crippen molar-refractivity contribution in [3.05, 3.63) is 187 Å². The number of rotatable bonds is 5. The fourth-order valence-electron chi connectivity index (χ4n) is 8.12. The first-order chi connectivity index (χ1) is 26.2. The summed E-state index contributed by atoms with van der Waals surface area (Å²) in [6.07, 6.45) is 8.92. The molecule has 0 atom stereocenters. The van der Waals surface area contributed by atoms with E-state index in [9.17, 15) is 5.26 Å². The average molecular weight is 676 g/mol. The zero-order valence-corrected chi connectivity index (χ0v) is 29.0. The Labute approximate surface area is 308 Å². The minimum atomic E-state index is 0.598. The van der Waals surface area contributed by atoms with E-state index in [-0.39, 0.29) is 0 Å². The van der Waals surface area contributed by atoms with Crippen molar-refractivity contribution < 1.29 is 0 Å². The molecular formula is C50H33N3. The predicted octanol–water partition coefficient (Wildman–Crippen LogP) is 13.1. The lowest BCUT2D eigenvalue weighted by Gasteiger charge is -2.18. The smallest absolute Gasteiger partial charge is 0.145 e. The zero-order valence-electron chi connectivity index (χ0n) is 29.0. The van der Waals surface area contributed by atoms with Crippen LogP contribution < -0.4 is 0 Å². The van der Waals surface area contributed by atoms with Crippen LogP contribution in [0.15, 0.2) is 176 Å². The van der Waals surface area contributed by atoms with Crippen molar-refractivity contribution in [2.24, 2.45) is 0 Å². The van der Waals surface area contributed by atoms with Crippen molar-refractivity contribution in [3.63, 3.8) is 0 Å². The monoisotopic (exact) mass is 675 g/mol. The standard InChI is InChI=1S/C50H33N3/c51-32-33-18-29-47-46(30-33)52-50(38-22-19-36(20-23-38)34-10-2-1-3-11-34)53(47)41-27-25-37(26-28-41)48-42-14-6-8-16-44(42)49(45-17-9-7-15-43(45)48)40-24-21-35-12-4-5-13-39(35)31-40/h2,4-31H,1,3H2. The molecule has 0 radical (unpaired) electrons. The van der Waals surface area contributed by atoms with E-state index in [2.05, 4.69) is 168 Å². The normalized spacial score (nSPS) is 12.8. The maximum absolute atomic E-state index is 9.68. The van der Waals surface area contributed by atoms with Crippen LogP contribution >= 0.6 is 0 Å². The van der Waals surface area contributed by atoms with E-state index in [1.807, 2.05) is 18.2 Å². The van der Waals surface area contributed by atoms with Gasteiger partial charge in [-0.3, -0.25) is 4.57 Å². The van der Waals surface area contributed by atoms with E-state index in [1.54, 1.807) is 0 Å². The lowest BCUT2D eigenvalue weighted by molar-refractivity contribution is 1.04. The number of hydrogen-bond acceptors (Lipinski definition) is 2. The molecular weight excluding hydrogens is 643 g/mol. The van der Waals surface area contributed by atoms with E-state index in [1.165, 1.54) is 60.1 Å². The Morgan fingerprint density at radius 3 is 1.79 bits per heavy atom. The SMILES string of the molecule is N#Cc1ccc2c(c1)nc(-c1ccc(C3=CCCC=C3)cc1)n2-c1ccc(-c2c3ccccc3c(-c3ccc4ccccc4c3)c3ccccc23)cc1. The lowest BCUT2D eigenvalue weighted by atomic mass is 9.85. The Kier molecular flexibility index (Phi) is 7.34. The van der Waals surface area contributed by atoms with E-state index < -0.39 is 0 Å². The summed E-state index contributed by atoms with van der Waals surface area (Å²) in [6, 6.07) is 58.6. The van der Waals surface area contributed by atoms with Gasteiger partial charge in [0.15, 0.2) is 0 Å². The number of imidazole rings is 1. The quantitative estimate of drug-likeness (QED) is 0.170. The van der Waals surface area contributed by atoms with Gasteiger partial charge in [0.1, 0.15) is 5.82 Å². The minimum absolute atomic E-state index is 0.598. The third-order valence-electron chi connectivity index (χ3n) is 10.6. The first-order valence-corrected chi connectivity index (χ1v) is 18.2. The summed E-state index contributed by atoms with van der Waals surface area (Å²) in [7, 11) is 0. The maximum atomic E-state index is 9.68. The van der Waals surface area contributed by atoms with E-state index >= 15 is 0 Å². The van der Waals surface area contributed by atoms with Gasteiger partial charge >= 0.3 is 0 Å². The fraction of sp³-hybridized carbons (Fsp3) is 0.0400. The summed E-state index contributed by atoms with van der Waals surface area (Å²) < 4.78 is 2.22. The van der Waals surface area contributed by atoms with Crippen molar-refractivity contribution >= 4 is 48.9 Å². The second-order valence-corrected chi connectivity index (χ2v) is 13.8. The molecule has 248 valence electrons. The number of allylic oxidation sites excluding steroid dienone is 4. The molecule has 0 unspecified atom stereocenters. The molecule has 0 bridgehead atoms. The Bertz CT molecular complexity index is 2930. The van der Waals surface area contributed by atoms with Gasteiger partial charge in [-0.2, -0.15) is 5.26 Å². The second-order valence-electron chi connectivity index (χ2n) is 13.8. The summed E-state index contributed by atoms with van der Waals surface area (Å²) in [5.41, 5.74) is 11.7. The summed E-state index contributed by atoms with van der Waals surface area (Å²) in [4.78, 5) is 5.11. The van der Waals surface area contributed by atoms with Gasteiger partial charge in [0.05, 0.1) is 22.7 Å².